The van der Waals surface area contributed by atoms with Gasteiger partial charge in [-0.3, -0.25) is 10.1 Å². The third-order valence-corrected chi connectivity index (χ3v) is 2.66. The molecule has 0 aliphatic heterocycles. The number of nitrogen functional groups attached to an aromatic ring is 1. The van der Waals surface area contributed by atoms with E-state index in [9.17, 15) is 15.2 Å². The SMILES string of the molecule is Nc1cc(-c2cc(Br)c(O)c([N+](=O)[O-])c2)on1. The normalized spacial score (nSPS) is 10.4. The van der Waals surface area contributed by atoms with Crippen LogP contribution in [0.5, 0.6) is 5.75 Å². The molecular weight excluding hydrogens is 294 g/mol. The number of nitrogens with zero attached hydrogens (tertiary/aromatic N) is 2. The second-order valence-corrected chi connectivity index (χ2v) is 4.05. The van der Waals surface area contributed by atoms with Crippen molar-refractivity contribution in [3.63, 3.8) is 0 Å². The lowest BCUT2D eigenvalue weighted by Gasteiger charge is -2.01. The van der Waals surface area contributed by atoms with Gasteiger partial charge in [-0.1, -0.05) is 5.16 Å². The average molecular weight is 300 g/mol. The van der Waals surface area contributed by atoms with Gasteiger partial charge in [0, 0.05) is 17.7 Å². The second-order valence-electron chi connectivity index (χ2n) is 3.20. The van der Waals surface area contributed by atoms with Crippen LogP contribution in [-0.4, -0.2) is 15.2 Å². The molecule has 0 spiro atoms. The van der Waals surface area contributed by atoms with E-state index < -0.39 is 16.4 Å². The van der Waals surface area contributed by atoms with E-state index in [1.165, 1.54) is 18.2 Å². The Morgan fingerprint density at radius 2 is 2.18 bits per heavy atom. The molecule has 0 aliphatic carbocycles. The van der Waals surface area contributed by atoms with E-state index >= 15 is 0 Å². The molecule has 0 radical (unpaired) electrons. The maximum Gasteiger partial charge on any atom is 0.312 e. The van der Waals surface area contributed by atoms with Gasteiger partial charge in [-0.2, -0.15) is 0 Å². The Morgan fingerprint density at radius 1 is 1.47 bits per heavy atom. The molecule has 0 bridgehead atoms. The summed E-state index contributed by atoms with van der Waals surface area (Å²) in [5.74, 6) is 0.0180. The van der Waals surface area contributed by atoms with Crippen molar-refractivity contribution in [1.29, 1.82) is 0 Å². The molecule has 2 rings (SSSR count). The molecule has 0 atom stereocenters. The summed E-state index contributed by atoms with van der Waals surface area (Å²) < 4.78 is 5.07. The maximum absolute atomic E-state index is 10.7. The predicted octanol–water partition coefficient (Wildman–Crippen LogP) is 2.30. The van der Waals surface area contributed by atoms with Gasteiger partial charge in [0.2, 0.25) is 5.75 Å². The van der Waals surface area contributed by atoms with E-state index in [4.69, 9.17) is 10.3 Å². The van der Waals surface area contributed by atoms with Crippen molar-refractivity contribution in [2.45, 2.75) is 0 Å². The number of nitro groups is 1. The summed E-state index contributed by atoms with van der Waals surface area (Å²) in [4.78, 5) is 10.0. The van der Waals surface area contributed by atoms with Gasteiger partial charge >= 0.3 is 5.69 Å². The monoisotopic (exact) mass is 299 g/mol. The van der Waals surface area contributed by atoms with Gasteiger partial charge < -0.3 is 15.4 Å². The smallest absolute Gasteiger partial charge is 0.312 e. The Labute approximate surface area is 103 Å². The first-order chi connectivity index (χ1) is 7.99. The number of phenolic OH excluding ortho intramolecular Hbond substituents is 1. The lowest BCUT2D eigenvalue weighted by Crippen LogP contribution is -1.90. The molecule has 3 N–H and O–H groups in total. The van der Waals surface area contributed by atoms with Gasteiger partial charge in [0.1, 0.15) is 0 Å². The standard InChI is InChI=1S/C9H6BrN3O4/c10-5-1-4(7-3-8(11)12-17-7)2-6(9(5)14)13(15)16/h1-3,14H,(H2,11,12). The van der Waals surface area contributed by atoms with Crippen LogP contribution < -0.4 is 5.73 Å². The number of rotatable bonds is 2. The lowest BCUT2D eigenvalue weighted by atomic mass is 10.1. The molecule has 0 unspecified atom stereocenters. The fourth-order valence-corrected chi connectivity index (χ4v) is 1.74. The molecule has 17 heavy (non-hydrogen) atoms. The summed E-state index contributed by atoms with van der Waals surface area (Å²) in [7, 11) is 0. The fourth-order valence-electron chi connectivity index (χ4n) is 1.29. The van der Waals surface area contributed by atoms with Gasteiger partial charge in [-0.15, -0.1) is 0 Å². The number of nitrogens with two attached hydrogens (primary N) is 1. The van der Waals surface area contributed by atoms with Crippen molar-refractivity contribution >= 4 is 27.4 Å². The van der Waals surface area contributed by atoms with Crippen LogP contribution in [0.2, 0.25) is 0 Å². The molecule has 0 amide bonds. The van der Waals surface area contributed by atoms with E-state index in [1.54, 1.807) is 0 Å². The van der Waals surface area contributed by atoms with Crippen LogP contribution in [0.15, 0.2) is 27.2 Å². The van der Waals surface area contributed by atoms with E-state index in [0.29, 0.717) is 5.56 Å². The first-order valence-corrected chi connectivity index (χ1v) is 5.18. The summed E-state index contributed by atoms with van der Waals surface area (Å²) in [5, 5.41) is 23.7. The number of anilines is 1. The molecule has 8 heteroatoms. The third-order valence-electron chi connectivity index (χ3n) is 2.05. The Kier molecular flexibility index (Phi) is 2.72. The molecule has 1 aromatic carbocycles. The number of halogens is 1. The van der Waals surface area contributed by atoms with E-state index in [1.807, 2.05) is 0 Å². The van der Waals surface area contributed by atoms with Crippen molar-refractivity contribution in [1.82, 2.24) is 5.16 Å². The third kappa shape index (κ3) is 2.07. The first kappa shape index (κ1) is 11.4. The summed E-state index contributed by atoms with van der Waals surface area (Å²) in [6, 6.07) is 4.09. The highest BCUT2D eigenvalue weighted by atomic mass is 79.9. The number of benzene rings is 1. The van der Waals surface area contributed by atoms with Crippen molar-refractivity contribution in [2.75, 3.05) is 5.73 Å². The zero-order valence-electron chi connectivity index (χ0n) is 8.25. The lowest BCUT2D eigenvalue weighted by molar-refractivity contribution is -0.385. The molecule has 7 nitrogen and oxygen atoms in total. The van der Waals surface area contributed by atoms with Crippen LogP contribution in [0.4, 0.5) is 11.5 Å². The Bertz CT molecular complexity index is 596. The molecule has 88 valence electrons. The van der Waals surface area contributed by atoms with Crippen LogP contribution >= 0.6 is 15.9 Å². The summed E-state index contributed by atoms with van der Waals surface area (Å²) in [5.41, 5.74) is 5.35. The van der Waals surface area contributed by atoms with Gasteiger partial charge in [0.15, 0.2) is 11.6 Å². The molecule has 0 saturated carbocycles. The molecule has 0 fully saturated rings. The molecule has 1 heterocycles. The van der Waals surface area contributed by atoms with Crippen LogP contribution in [0, 0.1) is 10.1 Å². The number of aromatic nitrogens is 1. The minimum absolute atomic E-state index is 0.173. The largest absolute Gasteiger partial charge is 0.501 e. The van der Waals surface area contributed by atoms with Crippen molar-refractivity contribution in [3.05, 3.63) is 32.8 Å². The maximum atomic E-state index is 10.7. The molecule has 0 saturated heterocycles. The van der Waals surface area contributed by atoms with Crippen molar-refractivity contribution < 1.29 is 14.6 Å². The zero-order chi connectivity index (χ0) is 12.6. The Morgan fingerprint density at radius 3 is 2.71 bits per heavy atom. The quantitative estimate of drug-likeness (QED) is 0.649. The topological polar surface area (TPSA) is 115 Å². The first-order valence-electron chi connectivity index (χ1n) is 4.38. The van der Waals surface area contributed by atoms with E-state index in [-0.39, 0.29) is 16.1 Å². The van der Waals surface area contributed by atoms with Crippen LogP contribution in [0.1, 0.15) is 0 Å². The van der Waals surface area contributed by atoms with Crippen LogP contribution in [-0.2, 0) is 0 Å². The van der Waals surface area contributed by atoms with E-state index in [2.05, 4.69) is 21.1 Å². The highest BCUT2D eigenvalue weighted by Gasteiger charge is 2.19. The zero-order valence-corrected chi connectivity index (χ0v) is 9.84. The summed E-state index contributed by atoms with van der Waals surface area (Å²) in [6.45, 7) is 0. The minimum atomic E-state index is -0.691. The average Bonchev–Trinajstić information content (AvgIpc) is 2.68. The molecule has 2 aromatic rings. The van der Waals surface area contributed by atoms with E-state index in [0.717, 1.165) is 0 Å². The predicted molar refractivity (Wildman–Crippen MR) is 62.4 cm³/mol. The highest BCUT2D eigenvalue weighted by molar-refractivity contribution is 9.10. The van der Waals surface area contributed by atoms with Gasteiger partial charge in [0.25, 0.3) is 0 Å². The van der Waals surface area contributed by atoms with Crippen LogP contribution in [0.25, 0.3) is 11.3 Å². The fraction of sp³-hybridized carbons (Fsp3) is 0. The number of nitro benzene ring substituents is 1. The Hall–Kier alpha value is -2.09. The second kappa shape index (κ2) is 4.06. The number of hydrogen-bond acceptors (Lipinski definition) is 6. The molecule has 1 aromatic heterocycles. The van der Waals surface area contributed by atoms with Crippen molar-refractivity contribution in [2.24, 2.45) is 0 Å². The van der Waals surface area contributed by atoms with Gasteiger partial charge in [-0.05, 0) is 22.0 Å². The Balaban J connectivity index is 2.60. The van der Waals surface area contributed by atoms with Gasteiger partial charge in [0.05, 0.1) is 9.40 Å². The number of hydrogen-bond donors (Lipinski definition) is 2. The summed E-state index contributed by atoms with van der Waals surface area (Å²) >= 11 is 3.02. The highest BCUT2D eigenvalue weighted by Crippen LogP contribution is 2.38. The van der Waals surface area contributed by atoms with Gasteiger partial charge in [-0.25, -0.2) is 0 Å². The van der Waals surface area contributed by atoms with Crippen LogP contribution in [0.3, 0.4) is 0 Å². The molecule has 0 aliphatic rings. The number of aromatic hydroxyl groups is 1. The summed E-state index contributed by atoms with van der Waals surface area (Å²) in [6.07, 6.45) is 0. The minimum Gasteiger partial charge on any atom is -0.501 e. The number of phenols is 1. The molecular formula is C9H6BrN3O4. The van der Waals surface area contributed by atoms with Crippen molar-refractivity contribution in [3.8, 4) is 17.1 Å².